The van der Waals surface area contributed by atoms with Crippen LogP contribution in [0.25, 0.3) is 0 Å². The number of hydrogen-bond donors (Lipinski definition) is 2. The van der Waals surface area contributed by atoms with E-state index >= 15 is 0 Å². The van der Waals surface area contributed by atoms with E-state index in [1.54, 1.807) is 6.07 Å². The normalized spacial score (nSPS) is 18.9. The number of carbonyl (C=O) groups is 1. The van der Waals surface area contributed by atoms with E-state index in [1.807, 2.05) is 13.0 Å². The highest BCUT2D eigenvalue weighted by Crippen LogP contribution is 2.35. The maximum Gasteiger partial charge on any atom is 0.339 e. The van der Waals surface area contributed by atoms with Crippen LogP contribution in [-0.2, 0) is 0 Å². The average Bonchev–Trinajstić information content (AvgIpc) is 2.47. The lowest BCUT2D eigenvalue weighted by Gasteiger charge is -2.05. The molecule has 1 heterocycles. The second-order valence-electron chi connectivity index (χ2n) is 3.45. The van der Waals surface area contributed by atoms with Crippen LogP contribution in [0.2, 0.25) is 0 Å². The Balaban J connectivity index is 2.63. The van der Waals surface area contributed by atoms with Crippen molar-refractivity contribution in [3.63, 3.8) is 0 Å². The van der Waals surface area contributed by atoms with Gasteiger partial charge in [0.05, 0.1) is 6.04 Å². The van der Waals surface area contributed by atoms with Gasteiger partial charge < -0.3 is 15.6 Å². The fraction of sp³-hybridized carbons (Fsp3) is 0.300. The number of aromatic carboxylic acids is 1. The molecule has 1 atom stereocenters. The summed E-state index contributed by atoms with van der Waals surface area (Å²) in [5.74, 6) is -0.547. The van der Waals surface area contributed by atoms with E-state index in [4.69, 9.17) is 15.6 Å². The fourth-order valence-corrected chi connectivity index (χ4v) is 1.66. The maximum absolute atomic E-state index is 10.9. The zero-order valence-corrected chi connectivity index (χ0v) is 7.78. The first-order chi connectivity index (χ1) is 6.59. The summed E-state index contributed by atoms with van der Waals surface area (Å²) in [5.41, 5.74) is 7.65. The largest absolute Gasteiger partial charge is 0.490 e. The minimum atomic E-state index is -0.973. The summed E-state index contributed by atoms with van der Waals surface area (Å²) in [5, 5.41) is 8.94. The van der Waals surface area contributed by atoms with Crippen LogP contribution in [-0.4, -0.2) is 17.7 Å². The number of hydrogen-bond acceptors (Lipinski definition) is 3. The molecule has 0 saturated carbocycles. The molecule has 74 valence electrons. The maximum atomic E-state index is 10.9. The van der Waals surface area contributed by atoms with Gasteiger partial charge in [-0.3, -0.25) is 0 Å². The lowest BCUT2D eigenvalue weighted by molar-refractivity contribution is 0.0693. The Labute approximate surface area is 81.3 Å². The van der Waals surface area contributed by atoms with E-state index in [1.165, 1.54) is 0 Å². The summed E-state index contributed by atoms with van der Waals surface area (Å²) in [6, 6.07) is 3.27. The van der Waals surface area contributed by atoms with E-state index in [0.29, 0.717) is 12.4 Å². The molecule has 4 heteroatoms. The third kappa shape index (κ3) is 1.24. The molecule has 4 nitrogen and oxygen atoms in total. The molecule has 1 aromatic carbocycles. The SMILES string of the molecule is Cc1cc(C(=O)O)c2c(c1)C(N)CO2. The van der Waals surface area contributed by atoms with Gasteiger partial charge in [0.25, 0.3) is 0 Å². The van der Waals surface area contributed by atoms with Crippen molar-refractivity contribution in [2.24, 2.45) is 5.73 Å². The van der Waals surface area contributed by atoms with Crippen molar-refractivity contribution >= 4 is 5.97 Å². The summed E-state index contributed by atoms with van der Waals surface area (Å²) in [6.07, 6.45) is 0. The van der Waals surface area contributed by atoms with Gasteiger partial charge in [-0.1, -0.05) is 6.07 Å². The van der Waals surface area contributed by atoms with Crippen LogP contribution in [0.5, 0.6) is 5.75 Å². The molecule has 1 unspecified atom stereocenters. The summed E-state index contributed by atoms with van der Waals surface area (Å²) < 4.78 is 5.25. The summed E-state index contributed by atoms with van der Waals surface area (Å²) in [4.78, 5) is 10.9. The van der Waals surface area contributed by atoms with Crippen molar-refractivity contribution in [3.05, 3.63) is 28.8 Å². The van der Waals surface area contributed by atoms with Gasteiger partial charge in [0.1, 0.15) is 17.9 Å². The molecule has 0 saturated heterocycles. The van der Waals surface area contributed by atoms with Crippen LogP contribution in [0.15, 0.2) is 12.1 Å². The molecule has 3 N–H and O–H groups in total. The number of carboxylic acid groups (broad SMARTS) is 1. The van der Waals surface area contributed by atoms with Gasteiger partial charge in [-0.15, -0.1) is 0 Å². The standard InChI is InChI=1S/C10H11NO3/c1-5-2-6-8(11)4-14-9(6)7(3-5)10(12)13/h2-3,8H,4,11H2,1H3,(H,12,13). The van der Waals surface area contributed by atoms with Gasteiger partial charge in [0.15, 0.2) is 0 Å². The van der Waals surface area contributed by atoms with Crippen molar-refractivity contribution in [1.29, 1.82) is 0 Å². The first kappa shape index (κ1) is 9.02. The van der Waals surface area contributed by atoms with Crippen LogP contribution < -0.4 is 10.5 Å². The van der Waals surface area contributed by atoms with Gasteiger partial charge in [-0.2, -0.15) is 0 Å². The van der Waals surface area contributed by atoms with Crippen LogP contribution >= 0.6 is 0 Å². The van der Waals surface area contributed by atoms with Crippen molar-refractivity contribution in [2.75, 3.05) is 6.61 Å². The van der Waals surface area contributed by atoms with Crippen LogP contribution in [0.4, 0.5) is 0 Å². The molecule has 14 heavy (non-hydrogen) atoms. The summed E-state index contributed by atoms with van der Waals surface area (Å²) >= 11 is 0. The van der Waals surface area contributed by atoms with Gasteiger partial charge in [-0.25, -0.2) is 4.79 Å². The molecule has 1 aromatic rings. The lowest BCUT2D eigenvalue weighted by atomic mass is 10.0. The Morgan fingerprint density at radius 1 is 1.64 bits per heavy atom. The van der Waals surface area contributed by atoms with E-state index in [9.17, 15) is 4.79 Å². The molecular formula is C10H11NO3. The second-order valence-corrected chi connectivity index (χ2v) is 3.45. The Kier molecular flexibility index (Phi) is 1.93. The van der Waals surface area contributed by atoms with Gasteiger partial charge in [-0.05, 0) is 18.6 Å². The molecule has 0 bridgehead atoms. The summed E-state index contributed by atoms with van der Waals surface area (Å²) in [7, 11) is 0. The third-order valence-corrected chi connectivity index (χ3v) is 2.30. The number of aryl methyl sites for hydroxylation is 1. The molecule has 0 aromatic heterocycles. The predicted molar refractivity (Wildman–Crippen MR) is 50.6 cm³/mol. The van der Waals surface area contributed by atoms with Crippen molar-refractivity contribution in [2.45, 2.75) is 13.0 Å². The number of carboxylic acids is 1. The first-order valence-corrected chi connectivity index (χ1v) is 4.36. The van der Waals surface area contributed by atoms with Crippen molar-refractivity contribution in [1.82, 2.24) is 0 Å². The fourth-order valence-electron chi connectivity index (χ4n) is 1.66. The van der Waals surface area contributed by atoms with Gasteiger partial charge >= 0.3 is 5.97 Å². The molecule has 0 radical (unpaired) electrons. The van der Waals surface area contributed by atoms with E-state index < -0.39 is 5.97 Å². The number of rotatable bonds is 1. The van der Waals surface area contributed by atoms with Gasteiger partial charge in [0, 0.05) is 5.56 Å². The molecule has 0 amide bonds. The molecule has 0 fully saturated rings. The topological polar surface area (TPSA) is 72.5 Å². The molecule has 0 aliphatic carbocycles. The van der Waals surface area contributed by atoms with Crippen molar-refractivity contribution < 1.29 is 14.6 Å². The third-order valence-electron chi connectivity index (χ3n) is 2.30. The average molecular weight is 193 g/mol. The molecule has 2 rings (SSSR count). The highest BCUT2D eigenvalue weighted by Gasteiger charge is 2.26. The number of benzene rings is 1. The zero-order valence-electron chi connectivity index (χ0n) is 7.78. The van der Waals surface area contributed by atoms with Crippen molar-refractivity contribution in [3.8, 4) is 5.75 Å². The number of ether oxygens (including phenoxy) is 1. The number of fused-ring (bicyclic) bond motifs is 1. The first-order valence-electron chi connectivity index (χ1n) is 4.36. The highest BCUT2D eigenvalue weighted by atomic mass is 16.5. The quantitative estimate of drug-likeness (QED) is 0.700. The van der Waals surface area contributed by atoms with Crippen LogP contribution in [0.3, 0.4) is 0 Å². The van der Waals surface area contributed by atoms with Crippen LogP contribution in [0.1, 0.15) is 27.5 Å². The summed E-state index contributed by atoms with van der Waals surface area (Å²) in [6.45, 7) is 2.21. The van der Waals surface area contributed by atoms with E-state index in [0.717, 1.165) is 11.1 Å². The van der Waals surface area contributed by atoms with Gasteiger partial charge in [0.2, 0.25) is 0 Å². The minimum absolute atomic E-state index is 0.202. The monoisotopic (exact) mass is 193 g/mol. The Morgan fingerprint density at radius 2 is 2.36 bits per heavy atom. The number of nitrogens with two attached hydrogens (primary N) is 1. The predicted octanol–water partition coefficient (Wildman–Crippen LogP) is 1.09. The molecular weight excluding hydrogens is 182 g/mol. The van der Waals surface area contributed by atoms with E-state index in [2.05, 4.69) is 0 Å². The zero-order chi connectivity index (χ0) is 10.3. The van der Waals surface area contributed by atoms with Crippen LogP contribution in [0, 0.1) is 6.92 Å². The van der Waals surface area contributed by atoms with E-state index in [-0.39, 0.29) is 11.6 Å². The molecule has 1 aliphatic heterocycles. The molecule has 1 aliphatic rings. The smallest absolute Gasteiger partial charge is 0.339 e. The Morgan fingerprint density at radius 3 is 3.00 bits per heavy atom. The second kappa shape index (κ2) is 2.99. The lowest BCUT2D eigenvalue weighted by Crippen LogP contribution is -2.10. The Bertz CT molecular complexity index is 401. The highest BCUT2D eigenvalue weighted by molar-refractivity contribution is 5.92. The minimum Gasteiger partial charge on any atom is -0.490 e. The Hall–Kier alpha value is -1.55. The molecule has 0 spiro atoms.